The van der Waals surface area contributed by atoms with Crippen LogP contribution in [0.5, 0.6) is 0 Å². The molecule has 1 aromatic rings. The summed E-state index contributed by atoms with van der Waals surface area (Å²) in [6.07, 6.45) is -4.76. The van der Waals surface area contributed by atoms with E-state index >= 15 is 0 Å². The maximum absolute atomic E-state index is 12.4. The van der Waals surface area contributed by atoms with Crippen LogP contribution in [0, 0.1) is 0 Å². The minimum absolute atomic E-state index is 0.0717. The first-order valence-corrected chi connectivity index (χ1v) is 4.23. The van der Waals surface area contributed by atoms with Crippen LogP contribution in [0.4, 0.5) is 13.2 Å². The normalized spacial score (nSPS) is 11.2. The number of alkyl halides is 3. The Balaban J connectivity index is 3.20. The highest BCUT2D eigenvalue weighted by Crippen LogP contribution is 2.34. The van der Waals surface area contributed by atoms with Crippen LogP contribution in [0.15, 0.2) is 10.5 Å². The highest BCUT2D eigenvalue weighted by Gasteiger charge is 2.40. The van der Waals surface area contributed by atoms with Crippen molar-refractivity contribution in [1.82, 2.24) is 0 Å². The topological polar surface area (TPSA) is 56.5 Å². The van der Waals surface area contributed by atoms with Crippen LogP contribution >= 0.6 is 0 Å². The van der Waals surface area contributed by atoms with E-state index in [-0.39, 0.29) is 12.9 Å². The van der Waals surface area contributed by atoms with Crippen LogP contribution in [0.1, 0.15) is 33.6 Å². The number of carbonyl (C=O) groups is 2. The number of aldehydes is 1. The van der Waals surface area contributed by atoms with Crippen molar-refractivity contribution in [2.75, 3.05) is 6.61 Å². The van der Waals surface area contributed by atoms with E-state index in [1.807, 2.05) is 0 Å². The van der Waals surface area contributed by atoms with E-state index < -0.39 is 29.2 Å². The molecule has 1 heterocycles. The minimum atomic E-state index is -4.84. The lowest BCUT2D eigenvalue weighted by Gasteiger charge is -2.05. The molecular weight excluding hydrogens is 229 g/mol. The fourth-order valence-corrected chi connectivity index (χ4v) is 1.04. The second-order valence-corrected chi connectivity index (χ2v) is 2.73. The lowest BCUT2D eigenvalue weighted by atomic mass is 10.2. The highest BCUT2D eigenvalue weighted by molar-refractivity contribution is 5.92. The summed E-state index contributed by atoms with van der Waals surface area (Å²) in [4.78, 5) is 21.4. The largest absolute Gasteiger partial charge is 0.462 e. The molecule has 0 saturated heterocycles. The van der Waals surface area contributed by atoms with Gasteiger partial charge in [0.15, 0.2) is 12.0 Å². The van der Waals surface area contributed by atoms with Crippen molar-refractivity contribution in [3.05, 3.63) is 23.2 Å². The quantitative estimate of drug-likeness (QED) is 0.596. The number of hydrogen-bond acceptors (Lipinski definition) is 4. The lowest BCUT2D eigenvalue weighted by molar-refractivity contribution is -0.153. The summed E-state index contributed by atoms with van der Waals surface area (Å²) >= 11 is 0. The van der Waals surface area contributed by atoms with E-state index in [2.05, 4.69) is 9.15 Å². The van der Waals surface area contributed by atoms with E-state index in [1.54, 1.807) is 0 Å². The zero-order valence-electron chi connectivity index (χ0n) is 8.13. The van der Waals surface area contributed by atoms with Gasteiger partial charge in [-0.25, -0.2) is 4.79 Å². The fraction of sp³-hybridized carbons (Fsp3) is 0.333. The van der Waals surface area contributed by atoms with Crippen molar-refractivity contribution in [2.24, 2.45) is 0 Å². The van der Waals surface area contributed by atoms with Gasteiger partial charge in [-0.2, -0.15) is 13.2 Å². The molecule has 0 fully saturated rings. The number of halogens is 3. The SMILES string of the molecule is CCOC(=O)c1cc(C=O)oc1C(F)(F)F. The zero-order chi connectivity index (χ0) is 12.3. The molecule has 4 nitrogen and oxygen atoms in total. The summed E-state index contributed by atoms with van der Waals surface area (Å²) in [7, 11) is 0. The van der Waals surface area contributed by atoms with Crippen molar-refractivity contribution >= 4 is 12.3 Å². The molecule has 0 bridgehead atoms. The molecule has 0 N–H and O–H groups in total. The van der Waals surface area contributed by atoms with Gasteiger partial charge in [0.1, 0.15) is 5.56 Å². The van der Waals surface area contributed by atoms with Gasteiger partial charge in [0.2, 0.25) is 5.76 Å². The van der Waals surface area contributed by atoms with Gasteiger partial charge < -0.3 is 9.15 Å². The molecule has 7 heteroatoms. The monoisotopic (exact) mass is 236 g/mol. The molecule has 0 aliphatic rings. The maximum atomic E-state index is 12.4. The summed E-state index contributed by atoms with van der Waals surface area (Å²) in [5.74, 6) is -3.27. The molecule has 0 saturated carbocycles. The lowest BCUT2D eigenvalue weighted by Crippen LogP contribution is -2.12. The number of hydrogen-bond donors (Lipinski definition) is 0. The number of rotatable bonds is 3. The number of furan rings is 1. The molecule has 0 radical (unpaired) electrons. The van der Waals surface area contributed by atoms with Crippen molar-refractivity contribution in [3.63, 3.8) is 0 Å². The van der Waals surface area contributed by atoms with Crippen LogP contribution in [0.3, 0.4) is 0 Å². The third-order valence-electron chi connectivity index (χ3n) is 1.62. The molecular formula is C9H7F3O4. The molecule has 0 aromatic carbocycles. The van der Waals surface area contributed by atoms with E-state index in [4.69, 9.17) is 0 Å². The van der Waals surface area contributed by atoms with Crippen LogP contribution < -0.4 is 0 Å². The van der Waals surface area contributed by atoms with Crippen LogP contribution in [0.2, 0.25) is 0 Å². The standard InChI is InChI=1S/C9H7F3O4/c1-2-15-8(14)6-3-5(4-13)16-7(6)9(10,11)12/h3-4H,2H2,1H3. The van der Waals surface area contributed by atoms with Crippen molar-refractivity contribution in [2.45, 2.75) is 13.1 Å². The molecule has 16 heavy (non-hydrogen) atoms. The van der Waals surface area contributed by atoms with Crippen molar-refractivity contribution in [3.8, 4) is 0 Å². The molecule has 0 unspecified atom stereocenters. The Morgan fingerprint density at radius 2 is 2.19 bits per heavy atom. The summed E-state index contributed by atoms with van der Waals surface area (Å²) in [5.41, 5.74) is -0.795. The third kappa shape index (κ3) is 2.41. The van der Waals surface area contributed by atoms with E-state index in [0.29, 0.717) is 6.07 Å². The minimum Gasteiger partial charge on any atom is -0.462 e. The Kier molecular flexibility index (Phi) is 3.36. The second-order valence-electron chi connectivity index (χ2n) is 2.73. The number of carbonyl (C=O) groups excluding carboxylic acids is 2. The average molecular weight is 236 g/mol. The first kappa shape index (κ1) is 12.3. The maximum Gasteiger partial charge on any atom is 0.450 e. The van der Waals surface area contributed by atoms with Gasteiger partial charge in [-0.1, -0.05) is 0 Å². The van der Waals surface area contributed by atoms with E-state index in [1.165, 1.54) is 6.92 Å². The number of ether oxygens (including phenoxy) is 1. The summed E-state index contributed by atoms with van der Waals surface area (Å²) in [6, 6.07) is 0.702. The van der Waals surface area contributed by atoms with Gasteiger partial charge in [0, 0.05) is 6.07 Å². The molecule has 1 rings (SSSR count). The molecule has 88 valence electrons. The Bertz CT molecular complexity index is 405. The summed E-state index contributed by atoms with van der Waals surface area (Å²) in [6.45, 7) is 1.38. The first-order valence-electron chi connectivity index (χ1n) is 4.23. The van der Waals surface area contributed by atoms with Crippen molar-refractivity contribution < 1.29 is 31.9 Å². The van der Waals surface area contributed by atoms with Crippen LogP contribution in [-0.2, 0) is 10.9 Å². The molecule has 0 aliphatic heterocycles. The van der Waals surface area contributed by atoms with Crippen LogP contribution in [-0.4, -0.2) is 18.9 Å². The average Bonchev–Trinajstić information content (AvgIpc) is 2.61. The van der Waals surface area contributed by atoms with Crippen molar-refractivity contribution in [1.29, 1.82) is 0 Å². The zero-order valence-corrected chi connectivity index (χ0v) is 8.13. The van der Waals surface area contributed by atoms with Gasteiger partial charge in [-0.05, 0) is 6.92 Å². The Morgan fingerprint density at radius 3 is 2.62 bits per heavy atom. The van der Waals surface area contributed by atoms with Gasteiger partial charge in [-0.15, -0.1) is 0 Å². The Hall–Kier alpha value is -1.79. The van der Waals surface area contributed by atoms with E-state index in [9.17, 15) is 22.8 Å². The van der Waals surface area contributed by atoms with Crippen LogP contribution in [0.25, 0.3) is 0 Å². The molecule has 0 spiro atoms. The van der Waals surface area contributed by atoms with Gasteiger partial charge in [-0.3, -0.25) is 4.79 Å². The highest BCUT2D eigenvalue weighted by atomic mass is 19.4. The third-order valence-corrected chi connectivity index (χ3v) is 1.62. The summed E-state index contributed by atoms with van der Waals surface area (Å²) < 4.78 is 45.8. The Morgan fingerprint density at radius 1 is 1.56 bits per heavy atom. The fourth-order valence-electron chi connectivity index (χ4n) is 1.04. The van der Waals surface area contributed by atoms with E-state index in [0.717, 1.165) is 0 Å². The van der Waals surface area contributed by atoms with Gasteiger partial charge in [0.25, 0.3) is 0 Å². The second kappa shape index (κ2) is 4.38. The predicted octanol–water partition coefficient (Wildman–Crippen LogP) is 2.29. The summed E-state index contributed by atoms with van der Waals surface area (Å²) in [5, 5.41) is 0. The van der Waals surface area contributed by atoms with Gasteiger partial charge in [0.05, 0.1) is 6.61 Å². The molecule has 0 atom stereocenters. The smallest absolute Gasteiger partial charge is 0.450 e. The Labute approximate surface area is 88.0 Å². The van der Waals surface area contributed by atoms with Gasteiger partial charge >= 0.3 is 12.1 Å². The molecule has 1 aromatic heterocycles. The molecule has 0 aliphatic carbocycles. The predicted molar refractivity (Wildman–Crippen MR) is 45.1 cm³/mol. The number of esters is 1. The first-order chi connectivity index (χ1) is 7.40. The molecule has 0 amide bonds.